The second kappa shape index (κ2) is 7.22. The van der Waals surface area contributed by atoms with Crippen LogP contribution in [-0.2, 0) is 16.0 Å². The van der Waals surface area contributed by atoms with Crippen LogP contribution >= 0.6 is 0 Å². The van der Waals surface area contributed by atoms with Gasteiger partial charge in [0.1, 0.15) is 11.4 Å². The van der Waals surface area contributed by atoms with E-state index in [1.807, 2.05) is 25.1 Å². The molecule has 1 heterocycles. The molecule has 1 aromatic heterocycles. The van der Waals surface area contributed by atoms with Crippen molar-refractivity contribution in [3.8, 4) is 0 Å². The topological polar surface area (TPSA) is 68.5 Å². The molecule has 0 aliphatic rings. The van der Waals surface area contributed by atoms with Crippen LogP contribution < -0.4 is 5.32 Å². The number of Topliss-reactive ketones (excluding diaryl/α,β-unsaturated/α-hetero) is 1. The van der Waals surface area contributed by atoms with Crippen molar-refractivity contribution in [3.05, 3.63) is 35.1 Å². The number of hydrogen-bond acceptors (Lipinski definition) is 4. The van der Waals surface area contributed by atoms with E-state index in [1.165, 1.54) is 0 Å². The molecule has 0 saturated carbocycles. The van der Waals surface area contributed by atoms with Crippen LogP contribution in [0, 0.1) is 6.92 Å². The zero-order valence-electron chi connectivity index (χ0n) is 13.2. The van der Waals surface area contributed by atoms with Crippen molar-refractivity contribution < 1.29 is 18.7 Å². The van der Waals surface area contributed by atoms with E-state index in [0.717, 1.165) is 16.5 Å². The van der Waals surface area contributed by atoms with Crippen molar-refractivity contribution in [2.45, 2.75) is 26.7 Å². The standard InChI is InChI=1S/C17H21NO4/c1-11(19)4-5-13-6-7-15-14(10-13)12(2)16(22-15)17(20)18-8-9-21-3/h6-7,10H,4-5,8-9H2,1-3H3,(H,18,20). The fourth-order valence-electron chi connectivity index (χ4n) is 2.31. The highest BCUT2D eigenvalue weighted by Gasteiger charge is 2.17. The van der Waals surface area contributed by atoms with E-state index in [-0.39, 0.29) is 11.7 Å². The first-order valence-electron chi connectivity index (χ1n) is 7.31. The lowest BCUT2D eigenvalue weighted by atomic mass is 10.0. The Morgan fingerprint density at radius 2 is 2.09 bits per heavy atom. The molecule has 1 amide bonds. The Hall–Kier alpha value is -2.14. The molecule has 5 heteroatoms. The van der Waals surface area contributed by atoms with Gasteiger partial charge >= 0.3 is 0 Å². The second-order valence-electron chi connectivity index (χ2n) is 5.34. The summed E-state index contributed by atoms with van der Waals surface area (Å²) in [5, 5.41) is 3.67. The van der Waals surface area contributed by atoms with Crippen LogP contribution in [0.2, 0.25) is 0 Å². The molecule has 0 bridgehead atoms. The van der Waals surface area contributed by atoms with Gasteiger partial charge in [0.2, 0.25) is 0 Å². The maximum absolute atomic E-state index is 12.1. The number of carbonyl (C=O) groups is 2. The highest BCUT2D eigenvalue weighted by atomic mass is 16.5. The first-order chi connectivity index (χ1) is 10.5. The maximum Gasteiger partial charge on any atom is 0.287 e. The summed E-state index contributed by atoms with van der Waals surface area (Å²) >= 11 is 0. The van der Waals surface area contributed by atoms with E-state index in [9.17, 15) is 9.59 Å². The van der Waals surface area contributed by atoms with E-state index in [4.69, 9.17) is 9.15 Å². The number of amides is 1. The SMILES string of the molecule is COCCNC(=O)c1oc2ccc(CCC(C)=O)cc2c1C. The molecule has 0 aliphatic heterocycles. The molecule has 118 valence electrons. The number of rotatable bonds is 7. The van der Waals surface area contributed by atoms with Gasteiger partial charge in [-0.2, -0.15) is 0 Å². The largest absolute Gasteiger partial charge is 0.451 e. The third-order valence-corrected chi connectivity index (χ3v) is 3.56. The van der Waals surface area contributed by atoms with E-state index >= 15 is 0 Å². The number of ketones is 1. The molecule has 0 atom stereocenters. The summed E-state index contributed by atoms with van der Waals surface area (Å²) in [6.45, 7) is 4.35. The van der Waals surface area contributed by atoms with Crippen LogP contribution in [0.3, 0.4) is 0 Å². The number of fused-ring (bicyclic) bond motifs is 1. The number of benzene rings is 1. The van der Waals surface area contributed by atoms with Gasteiger partial charge in [-0.15, -0.1) is 0 Å². The first-order valence-corrected chi connectivity index (χ1v) is 7.31. The van der Waals surface area contributed by atoms with Gasteiger partial charge in [0.05, 0.1) is 6.61 Å². The Kier molecular flexibility index (Phi) is 5.33. The van der Waals surface area contributed by atoms with E-state index in [1.54, 1.807) is 14.0 Å². The van der Waals surface area contributed by atoms with Crippen molar-refractivity contribution >= 4 is 22.7 Å². The van der Waals surface area contributed by atoms with E-state index in [2.05, 4.69) is 5.32 Å². The number of aryl methyl sites for hydroxylation is 2. The summed E-state index contributed by atoms with van der Waals surface area (Å²) in [7, 11) is 1.58. The lowest BCUT2D eigenvalue weighted by Crippen LogP contribution is -2.27. The molecule has 0 unspecified atom stereocenters. The van der Waals surface area contributed by atoms with Crippen LogP contribution in [0.25, 0.3) is 11.0 Å². The summed E-state index contributed by atoms with van der Waals surface area (Å²) in [6.07, 6.45) is 1.22. The number of hydrogen-bond donors (Lipinski definition) is 1. The molecular weight excluding hydrogens is 282 g/mol. The molecule has 2 rings (SSSR count). The van der Waals surface area contributed by atoms with Crippen LogP contribution in [0.1, 0.15) is 35.0 Å². The molecule has 0 saturated heterocycles. The zero-order valence-corrected chi connectivity index (χ0v) is 13.2. The Morgan fingerprint density at radius 3 is 2.77 bits per heavy atom. The maximum atomic E-state index is 12.1. The quantitative estimate of drug-likeness (QED) is 0.798. The fourth-order valence-corrected chi connectivity index (χ4v) is 2.31. The van der Waals surface area contributed by atoms with Crippen molar-refractivity contribution in [1.29, 1.82) is 0 Å². The molecule has 0 radical (unpaired) electrons. The first kappa shape index (κ1) is 16.2. The Balaban J connectivity index is 2.21. The summed E-state index contributed by atoms with van der Waals surface area (Å²) in [4.78, 5) is 23.2. The van der Waals surface area contributed by atoms with E-state index < -0.39 is 0 Å². The molecule has 1 N–H and O–H groups in total. The van der Waals surface area contributed by atoms with Crippen LogP contribution in [0.15, 0.2) is 22.6 Å². The fraction of sp³-hybridized carbons (Fsp3) is 0.412. The third-order valence-electron chi connectivity index (χ3n) is 3.56. The highest BCUT2D eigenvalue weighted by molar-refractivity contribution is 5.99. The lowest BCUT2D eigenvalue weighted by molar-refractivity contribution is -0.116. The zero-order chi connectivity index (χ0) is 16.1. The van der Waals surface area contributed by atoms with Gasteiger partial charge < -0.3 is 19.3 Å². The van der Waals surface area contributed by atoms with E-state index in [0.29, 0.717) is 37.3 Å². The van der Waals surface area contributed by atoms with Gasteiger partial charge in [-0.05, 0) is 38.0 Å². The van der Waals surface area contributed by atoms with Gasteiger partial charge in [0, 0.05) is 31.0 Å². The van der Waals surface area contributed by atoms with Gasteiger partial charge in [0.25, 0.3) is 5.91 Å². The number of nitrogens with one attached hydrogen (secondary N) is 1. The number of carbonyl (C=O) groups excluding carboxylic acids is 2. The minimum atomic E-state index is -0.240. The van der Waals surface area contributed by atoms with Crippen LogP contribution in [-0.4, -0.2) is 32.0 Å². The molecule has 0 fully saturated rings. The van der Waals surface area contributed by atoms with Gasteiger partial charge in [-0.3, -0.25) is 4.79 Å². The van der Waals surface area contributed by atoms with Crippen molar-refractivity contribution in [2.75, 3.05) is 20.3 Å². The van der Waals surface area contributed by atoms with Gasteiger partial charge in [-0.25, -0.2) is 0 Å². The normalized spacial score (nSPS) is 10.9. The second-order valence-corrected chi connectivity index (χ2v) is 5.34. The number of furan rings is 1. The number of ether oxygens (including phenoxy) is 1. The van der Waals surface area contributed by atoms with Crippen LogP contribution in [0.4, 0.5) is 0 Å². The average Bonchev–Trinajstić information content (AvgIpc) is 2.82. The summed E-state index contributed by atoms with van der Waals surface area (Å²) in [6, 6.07) is 5.77. The number of methoxy groups -OCH3 is 1. The Morgan fingerprint density at radius 1 is 1.32 bits per heavy atom. The van der Waals surface area contributed by atoms with Crippen molar-refractivity contribution in [1.82, 2.24) is 5.32 Å². The molecule has 2 aromatic rings. The summed E-state index contributed by atoms with van der Waals surface area (Å²) in [5.74, 6) is 0.257. The molecule has 5 nitrogen and oxygen atoms in total. The molecule has 1 aromatic carbocycles. The summed E-state index contributed by atoms with van der Waals surface area (Å²) < 4.78 is 10.6. The minimum absolute atomic E-state index is 0.169. The predicted octanol–water partition coefficient (Wildman–Crippen LogP) is 2.64. The molecule has 0 aliphatic carbocycles. The van der Waals surface area contributed by atoms with Gasteiger partial charge in [0.15, 0.2) is 5.76 Å². The smallest absolute Gasteiger partial charge is 0.287 e. The predicted molar refractivity (Wildman–Crippen MR) is 84.2 cm³/mol. The average molecular weight is 303 g/mol. The third kappa shape index (κ3) is 3.74. The van der Waals surface area contributed by atoms with Crippen molar-refractivity contribution in [2.24, 2.45) is 0 Å². The monoisotopic (exact) mass is 303 g/mol. The van der Waals surface area contributed by atoms with Crippen molar-refractivity contribution in [3.63, 3.8) is 0 Å². The molecule has 0 spiro atoms. The molecule has 22 heavy (non-hydrogen) atoms. The highest BCUT2D eigenvalue weighted by Crippen LogP contribution is 2.26. The Bertz CT molecular complexity index is 687. The van der Waals surface area contributed by atoms with Crippen LogP contribution in [0.5, 0.6) is 0 Å². The Labute approximate surface area is 129 Å². The van der Waals surface area contributed by atoms with Gasteiger partial charge in [-0.1, -0.05) is 6.07 Å². The summed E-state index contributed by atoms with van der Waals surface area (Å²) in [5.41, 5.74) is 2.56. The minimum Gasteiger partial charge on any atom is -0.451 e. The molecular formula is C17H21NO4. The lowest BCUT2D eigenvalue weighted by Gasteiger charge is -2.02.